The highest BCUT2D eigenvalue weighted by atomic mass is 79.9. The molecule has 2 N–H and O–H groups in total. The second-order valence-electron chi connectivity index (χ2n) is 8.17. The first-order chi connectivity index (χ1) is 17.1. The number of methoxy groups -OCH3 is 3. The van der Waals surface area contributed by atoms with Crippen molar-refractivity contribution in [1.29, 1.82) is 0 Å². The molecule has 0 spiro atoms. The maximum Gasteiger partial charge on any atom is 0.270 e. The van der Waals surface area contributed by atoms with E-state index in [1.165, 1.54) is 0 Å². The molecule has 4 aromatic rings. The van der Waals surface area contributed by atoms with Gasteiger partial charge in [0.2, 0.25) is 5.75 Å². The predicted molar refractivity (Wildman–Crippen MR) is 147 cm³/mol. The van der Waals surface area contributed by atoms with Crippen molar-refractivity contribution in [3.63, 3.8) is 0 Å². The average Bonchev–Trinajstić information content (AvgIpc) is 3.22. The molecule has 36 heavy (non-hydrogen) atoms. The zero-order chi connectivity index (χ0) is 24.9. The molecule has 0 aliphatic carbocycles. The number of carbonyl (C=O) groups is 1. The number of rotatable bonds is 10. The monoisotopic (exact) mass is 557 g/mol. The van der Waals surface area contributed by atoms with E-state index in [0.717, 1.165) is 46.8 Å². The molecule has 0 radical (unpaired) electrons. The standard InChI is InChI=1S/C27H31N3O5.BrH/c1-5-6-12-30-21-10-8-7-9-18(21)19-16-20(27(32)28-11-13-31)29-24(25(19)30)17-14-22(33-2)26(35-4)23(15-17)34-3;/h7-10,14-16,31H,5-6,11-13H2,1-4H3,(H,28,32);1H. The zero-order valence-electron chi connectivity index (χ0n) is 21.0. The van der Waals surface area contributed by atoms with Crippen molar-refractivity contribution in [1.82, 2.24) is 14.9 Å². The number of ether oxygens (including phenoxy) is 3. The fourth-order valence-corrected chi connectivity index (χ4v) is 4.42. The van der Waals surface area contributed by atoms with Gasteiger partial charge in [-0.05, 0) is 30.7 Å². The Kier molecular flexibility index (Phi) is 9.17. The minimum atomic E-state index is -0.347. The van der Waals surface area contributed by atoms with Crippen LogP contribution in [0.25, 0.3) is 33.1 Å². The Balaban J connectivity index is 0.00000361. The first-order valence-electron chi connectivity index (χ1n) is 11.7. The molecule has 0 aliphatic rings. The zero-order valence-corrected chi connectivity index (χ0v) is 22.7. The lowest BCUT2D eigenvalue weighted by Crippen LogP contribution is -2.27. The number of aliphatic hydroxyl groups excluding tert-OH is 1. The number of hydrogen-bond acceptors (Lipinski definition) is 6. The second-order valence-corrected chi connectivity index (χ2v) is 8.17. The Labute approximate surface area is 220 Å². The van der Waals surface area contributed by atoms with Crippen LogP contribution in [0.4, 0.5) is 0 Å². The molecule has 1 amide bonds. The third-order valence-electron chi connectivity index (χ3n) is 6.05. The summed E-state index contributed by atoms with van der Waals surface area (Å²) >= 11 is 0. The molecule has 4 rings (SSSR count). The van der Waals surface area contributed by atoms with Crippen LogP contribution in [0, 0.1) is 0 Å². The van der Waals surface area contributed by atoms with Gasteiger partial charge in [-0.3, -0.25) is 4.79 Å². The molecular formula is C27H32BrN3O5. The van der Waals surface area contributed by atoms with Gasteiger partial charge in [0.05, 0.1) is 39.1 Å². The van der Waals surface area contributed by atoms with Crippen LogP contribution in [0.3, 0.4) is 0 Å². The molecule has 0 saturated carbocycles. The number of unbranched alkanes of at least 4 members (excludes halogenated alkanes) is 1. The summed E-state index contributed by atoms with van der Waals surface area (Å²) in [5, 5.41) is 13.9. The number of aromatic nitrogens is 2. The average molecular weight is 558 g/mol. The van der Waals surface area contributed by atoms with Crippen LogP contribution in [0.2, 0.25) is 0 Å². The summed E-state index contributed by atoms with van der Waals surface area (Å²) in [5.41, 5.74) is 3.67. The van der Waals surface area contributed by atoms with Crippen molar-refractivity contribution < 1.29 is 24.1 Å². The summed E-state index contributed by atoms with van der Waals surface area (Å²) in [6.45, 7) is 2.98. The third kappa shape index (κ3) is 4.99. The molecule has 0 saturated heterocycles. The lowest BCUT2D eigenvalue weighted by atomic mass is 10.0. The van der Waals surface area contributed by atoms with Gasteiger partial charge in [-0.15, -0.1) is 17.0 Å². The molecule has 0 bridgehead atoms. The number of nitrogens with zero attached hydrogens (tertiary/aromatic N) is 2. The Morgan fingerprint density at radius 2 is 1.72 bits per heavy atom. The number of nitrogens with one attached hydrogen (secondary N) is 1. The third-order valence-corrected chi connectivity index (χ3v) is 6.05. The maximum absolute atomic E-state index is 12.9. The van der Waals surface area contributed by atoms with E-state index >= 15 is 0 Å². The van der Waals surface area contributed by atoms with Crippen molar-refractivity contribution in [3.05, 3.63) is 48.2 Å². The number of carbonyl (C=O) groups excluding carboxylic acids is 1. The lowest BCUT2D eigenvalue weighted by Gasteiger charge is -2.16. The van der Waals surface area contributed by atoms with E-state index in [0.29, 0.717) is 22.9 Å². The summed E-state index contributed by atoms with van der Waals surface area (Å²) < 4.78 is 19.0. The van der Waals surface area contributed by atoms with Gasteiger partial charge < -0.3 is 29.2 Å². The van der Waals surface area contributed by atoms with Crippen LogP contribution >= 0.6 is 17.0 Å². The fourth-order valence-electron chi connectivity index (χ4n) is 4.42. The van der Waals surface area contributed by atoms with Gasteiger partial charge in [0.1, 0.15) is 5.69 Å². The molecule has 2 heterocycles. The SMILES string of the molecule is Br.CCCCn1c2ccccc2c2cc(C(=O)NCCO)nc(-c3cc(OC)c(OC)c(OC)c3)c21. The summed E-state index contributed by atoms with van der Waals surface area (Å²) in [4.78, 5) is 17.8. The quantitative estimate of drug-likeness (QED) is 0.285. The van der Waals surface area contributed by atoms with Gasteiger partial charge in [-0.1, -0.05) is 31.5 Å². The minimum Gasteiger partial charge on any atom is -0.493 e. The van der Waals surface area contributed by atoms with Gasteiger partial charge in [-0.2, -0.15) is 0 Å². The van der Waals surface area contributed by atoms with E-state index in [2.05, 4.69) is 28.9 Å². The van der Waals surface area contributed by atoms with Crippen LogP contribution in [0.15, 0.2) is 42.5 Å². The minimum absolute atomic E-state index is 0. The second kappa shape index (κ2) is 12.1. The molecule has 0 fully saturated rings. The molecule has 192 valence electrons. The van der Waals surface area contributed by atoms with E-state index in [9.17, 15) is 9.90 Å². The van der Waals surface area contributed by atoms with Crippen molar-refractivity contribution in [2.75, 3.05) is 34.5 Å². The van der Waals surface area contributed by atoms with Crippen LogP contribution < -0.4 is 19.5 Å². The van der Waals surface area contributed by atoms with Crippen LogP contribution in [0.1, 0.15) is 30.3 Å². The molecule has 2 aromatic heterocycles. The Morgan fingerprint density at radius 1 is 1.03 bits per heavy atom. The van der Waals surface area contributed by atoms with Gasteiger partial charge in [0.15, 0.2) is 11.5 Å². The predicted octanol–water partition coefficient (Wildman–Crippen LogP) is 4.98. The molecule has 9 heteroatoms. The van der Waals surface area contributed by atoms with Gasteiger partial charge in [0.25, 0.3) is 5.91 Å². The van der Waals surface area contributed by atoms with Crippen molar-refractivity contribution in [2.24, 2.45) is 0 Å². The fraction of sp³-hybridized carbons (Fsp3) is 0.333. The van der Waals surface area contributed by atoms with E-state index in [1.54, 1.807) is 21.3 Å². The summed E-state index contributed by atoms with van der Waals surface area (Å²) in [6, 6.07) is 13.7. The molecule has 2 aromatic carbocycles. The molecular weight excluding hydrogens is 526 g/mol. The largest absolute Gasteiger partial charge is 0.493 e. The van der Waals surface area contributed by atoms with Gasteiger partial charge in [-0.25, -0.2) is 4.98 Å². The summed E-state index contributed by atoms with van der Waals surface area (Å²) in [6.07, 6.45) is 2.05. The van der Waals surface area contributed by atoms with Gasteiger partial charge >= 0.3 is 0 Å². The number of amides is 1. The number of benzene rings is 2. The molecule has 0 aliphatic heterocycles. The number of para-hydroxylation sites is 1. The highest BCUT2D eigenvalue weighted by Crippen LogP contribution is 2.43. The summed E-state index contributed by atoms with van der Waals surface area (Å²) in [5.74, 6) is 1.14. The number of hydrogen-bond donors (Lipinski definition) is 2. The smallest absolute Gasteiger partial charge is 0.270 e. The van der Waals surface area contributed by atoms with E-state index < -0.39 is 0 Å². The molecule has 0 unspecified atom stereocenters. The van der Waals surface area contributed by atoms with Crippen LogP contribution in [-0.2, 0) is 6.54 Å². The number of aliphatic hydroxyl groups is 1. The Morgan fingerprint density at radius 3 is 2.33 bits per heavy atom. The Hall–Kier alpha value is -3.30. The molecule has 0 atom stereocenters. The van der Waals surface area contributed by atoms with E-state index in [-0.39, 0.29) is 41.7 Å². The normalized spacial score (nSPS) is 10.8. The Bertz CT molecular complexity index is 1340. The highest BCUT2D eigenvalue weighted by Gasteiger charge is 2.22. The van der Waals surface area contributed by atoms with Crippen LogP contribution in [-0.4, -0.2) is 55.0 Å². The van der Waals surface area contributed by atoms with E-state index in [1.807, 2.05) is 30.3 Å². The van der Waals surface area contributed by atoms with Crippen molar-refractivity contribution >= 4 is 44.7 Å². The van der Waals surface area contributed by atoms with E-state index in [4.69, 9.17) is 19.2 Å². The number of fused-ring (bicyclic) bond motifs is 3. The first kappa shape index (κ1) is 27.3. The maximum atomic E-state index is 12.9. The lowest BCUT2D eigenvalue weighted by molar-refractivity contribution is 0.0940. The molecule has 8 nitrogen and oxygen atoms in total. The summed E-state index contributed by atoms with van der Waals surface area (Å²) in [7, 11) is 4.70. The highest BCUT2D eigenvalue weighted by molar-refractivity contribution is 8.93. The number of pyridine rings is 1. The number of halogens is 1. The number of aryl methyl sites for hydroxylation is 1. The van der Waals surface area contributed by atoms with Crippen molar-refractivity contribution in [2.45, 2.75) is 26.3 Å². The van der Waals surface area contributed by atoms with Gasteiger partial charge in [0, 0.05) is 34.9 Å². The van der Waals surface area contributed by atoms with Crippen molar-refractivity contribution in [3.8, 4) is 28.5 Å². The topological polar surface area (TPSA) is 94.8 Å². The first-order valence-corrected chi connectivity index (χ1v) is 11.7. The van der Waals surface area contributed by atoms with Crippen LogP contribution in [0.5, 0.6) is 17.2 Å².